The normalized spacial score (nSPS) is 11.9. The molecule has 1 aromatic heterocycles. The zero-order chi connectivity index (χ0) is 11.1. The Kier molecular flexibility index (Phi) is 1.99. The summed E-state index contributed by atoms with van der Waals surface area (Å²) in [5.74, 6) is 0. The number of hydrogen-bond donors (Lipinski definition) is 1. The quantitative estimate of drug-likeness (QED) is 0.682. The van der Waals surface area contributed by atoms with E-state index < -0.39 is 11.9 Å². The molecular formula is C9H6F3N3. The molecule has 0 bridgehead atoms. The second-order valence-electron chi connectivity index (χ2n) is 3.00. The van der Waals surface area contributed by atoms with Gasteiger partial charge in [0.05, 0.1) is 17.2 Å². The molecule has 0 aliphatic carbocycles. The van der Waals surface area contributed by atoms with Crippen molar-refractivity contribution < 1.29 is 13.2 Å². The van der Waals surface area contributed by atoms with E-state index in [1.807, 2.05) is 0 Å². The van der Waals surface area contributed by atoms with Crippen LogP contribution in [0.1, 0.15) is 5.69 Å². The number of aromatic nitrogens is 2. The van der Waals surface area contributed by atoms with Gasteiger partial charge in [-0.2, -0.15) is 13.2 Å². The number of rotatable bonds is 0. The fourth-order valence-corrected chi connectivity index (χ4v) is 1.16. The zero-order valence-corrected chi connectivity index (χ0v) is 7.42. The van der Waals surface area contributed by atoms with Crippen molar-refractivity contribution in [2.45, 2.75) is 6.18 Å². The molecule has 2 aromatic rings. The van der Waals surface area contributed by atoms with Crippen molar-refractivity contribution in [1.29, 1.82) is 0 Å². The van der Waals surface area contributed by atoms with E-state index >= 15 is 0 Å². The minimum atomic E-state index is -4.47. The Morgan fingerprint density at radius 1 is 1.13 bits per heavy atom. The van der Waals surface area contributed by atoms with Crippen LogP contribution in [0.2, 0.25) is 0 Å². The molecule has 6 heteroatoms. The van der Waals surface area contributed by atoms with Gasteiger partial charge in [-0.05, 0) is 18.2 Å². The molecule has 0 radical (unpaired) electrons. The first-order chi connectivity index (χ1) is 6.97. The third-order valence-corrected chi connectivity index (χ3v) is 1.86. The second-order valence-corrected chi connectivity index (χ2v) is 3.00. The average molecular weight is 213 g/mol. The summed E-state index contributed by atoms with van der Waals surface area (Å²) in [4.78, 5) is 7.09. The van der Waals surface area contributed by atoms with Crippen molar-refractivity contribution in [2.75, 3.05) is 5.73 Å². The molecule has 0 saturated carbocycles. The summed E-state index contributed by atoms with van der Waals surface area (Å²) in [6.45, 7) is 0. The van der Waals surface area contributed by atoms with Crippen LogP contribution >= 0.6 is 0 Å². The Bertz CT molecular complexity index is 507. The van der Waals surface area contributed by atoms with Crippen molar-refractivity contribution in [3.8, 4) is 0 Å². The van der Waals surface area contributed by atoms with Crippen molar-refractivity contribution >= 4 is 16.7 Å². The lowest BCUT2D eigenvalue weighted by molar-refractivity contribution is -0.141. The Morgan fingerprint density at radius 3 is 2.53 bits per heavy atom. The Morgan fingerprint density at radius 2 is 1.87 bits per heavy atom. The van der Waals surface area contributed by atoms with Gasteiger partial charge in [0.25, 0.3) is 0 Å². The first kappa shape index (κ1) is 9.70. The molecule has 1 heterocycles. The maximum atomic E-state index is 12.3. The summed E-state index contributed by atoms with van der Waals surface area (Å²) in [7, 11) is 0. The summed E-state index contributed by atoms with van der Waals surface area (Å²) < 4.78 is 36.8. The van der Waals surface area contributed by atoms with Crippen LogP contribution in [0.4, 0.5) is 18.9 Å². The summed E-state index contributed by atoms with van der Waals surface area (Å²) >= 11 is 0. The number of alkyl halides is 3. The van der Waals surface area contributed by atoms with E-state index in [0.29, 0.717) is 17.4 Å². The van der Waals surface area contributed by atoms with Crippen molar-refractivity contribution in [1.82, 2.24) is 9.97 Å². The summed E-state index contributed by atoms with van der Waals surface area (Å²) in [6.07, 6.45) is -3.77. The summed E-state index contributed by atoms with van der Waals surface area (Å²) in [6, 6.07) is 4.37. The standard InChI is InChI=1S/C9H6F3N3/c10-9(11,12)8-4-14-7-3-5(13)1-2-6(7)15-8/h1-4H,13H2. The van der Waals surface area contributed by atoms with Gasteiger partial charge in [-0.15, -0.1) is 0 Å². The van der Waals surface area contributed by atoms with Crippen LogP contribution in [0.25, 0.3) is 11.0 Å². The lowest BCUT2D eigenvalue weighted by Crippen LogP contribution is -2.08. The SMILES string of the molecule is Nc1ccc2nc(C(F)(F)F)cnc2c1. The van der Waals surface area contributed by atoms with Gasteiger partial charge in [0.15, 0.2) is 5.69 Å². The molecule has 0 saturated heterocycles. The number of halogens is 3. The number of nitrogens with zero attached hydrogens (tertiary/aromatic N) is 2. The zero-order valence-electron chi connectivity index (χ0n) is 7.42. The summed E-state index contributed by atoms with van der Waals surface area (Å²) in [5, 5.41) is 0. The molecule has 0 fully saturated rings. The highest BCUT2D eigenvalue weighted by Gasteiger charge is 2.33. The molecule has 78 valence electrons. The monoisotopic (exact) mass is 213 g/mol. The molecule has 0 unspecified atom stereocenters. The molecule has 15 heavy (non-hydrogen) atoms. The van der Waals surface area contributed by atoms with Crippen LogP contribution in [0, 0.1) is 0 Å². The van der Waals surface area contributed by atoms with Gasteiger partial charge in [0.2, 0.25) is 0 Å². The Balaban J connectivity index is 2.62. The number of fused-ring (bicyclic) bond motifs is 1. The molecule has 0 atom stereocenters. The van der Waals surface area contributed by atoms with E-state index in [1.165, 1.54) is 18.2 Å². The van der Waals surface area contributed by atoms with Crippen molar-refractivity contribution in [3.05, 3.63) is 30.1 Å². The third-order valence-electron chi connectivity index (χ3n) is 1.86. The number of nitrogens with two attached hydrogens (primary N) is 1. The highest BCUT2D eigenvalue weighted by atomic mass is 19.4. The number of nitrogen functional groups attached to an aromatic ring is 1. The van der Waals surface area contributed by atoms with Crippen molar-refractivity contribution in [2.24, 2.45) is 0 Å². The minimum absolute atomic E-state index is 0.180. The lowest BCUT2D eigenvalue weighted by Gasteiger charge is -2.05. The van der Waals surface area contributed by atoms with E-state index in [-0.39, 0.29) is 5.52 Å². The molecule has 0 amide bonds. The lowest BCUT2D eigenvalue weighted by atomic mass is 10.2. The molecule has 0 aliphatic rings. The molecular weight excluding hydrogens is 207 g/mol. The molecule has 3 nitrogen and oxygen atoms in total. The van der Waals surface area contributed by atoms with Gasteiger partial charge in [0.1, 0.15) is 0 Å². The number of anilines is 1. The topological polar surface area (TPSA) is 51.8 Å². The molecule has 1 aromatic carbocycles. The predicted octanol–water partition coefficient (Wildman–Crippen LogP) is 2.23. The fourth-order valence-electron chi connectivity index (χ4n) is 1.16. The van der Waals surface area contributed by atoms with E-state index in [2.05, 4.69) is 9.97 Å². The highest BCUT2D eigenvalue weighted by Crippen LogP contribution is 2.28. The first-order valence-corrected chi connectivity index (χ1v) is 4.06. The summed E-state index contributed by atoms with van der Waals surface area (Å²) in [5.41, 5.74) is 5.43. The third kappa shape index (κ3) is 1.83. The van der Waals surface area contributed by atoms with E-state index in [4.69, 9.17) is 5.73 Å². The largest absolute Gasteiger partial charge is 0.434 e. The van der Waals surface area contributed by atoms with Gasteiger partial charge in [-0.3, -0.25) is 4.98 Å². The maximum Gasteiger partial charge on any atom is 0.434 e. The van der Waals surface area contributed by atoms with E-state index in [9.17, 15) is 13.2 Å². The second kappa shape index (κ2) is 3.08. The molecule has 0 spiro atoms. The Hall–Kier alpha value is -1.85. The van der Waals surface area contributed by atoms with Gasteiger partial charge in [0, 0.05) is 5.69 Å². The van der Waals surface area contributed by atoms with Crippen LogP contribution in [-0.2, 0) is 6.18 Å². The van der Waals surface area contributed by atoms with Crippen LogP contribution in [0.3, 0.4) is 0 Å². The van der Waals surface area contributed by atoms with Gasteiger partial charge >= 0.3 is 6.18 Å². The average Bonchev–Trinajstić information content (AvgIpc) is 2.15. The Labute approximate surface area is 82.8 Å². The van der Waals surface area contributed by atoms with E-state index in [0.717, 1.165) is 0 Å². The first-order valence-electron chi connectivity index (χ1n) is 4.06. The van der Waals surface area contributed by atoms with Gasteiger partial charge in [-0.1, -0.05) is 0 Å². The van der Waals surface area contributed by atoms with E-state index in [1.54, 1.807) is 0 Å². The molecule has 2 rings (SSSR count). The predicted molar refractivity (Wildman–Crippen MR) is 49.0 cm³/mol. The van der Waals surface area contributed by atoms with Gasteiger partial charge in [-0.25, -0.2) is 4.98 Å². The smallest absolute Gasteiger partial charge is 0.399 e. The maximum absolute atomic E-state index is 12.3. The minimum Gasteiger partial charge on any atom is -0.399 e. The number of benzene rings is 1. The van der Waals surface area contributed by atoms with Crippen LogP contribution in [0.5, 0.6) is 0 Å². The number of hydrogen-bond acceptors (Lipinski definition) is 3. The van der Waals surface area contributed by atoms with Gasteiger partial charge < -0.3 is 5.73 Å². The van der Waals surface area contributed by atoms with Crippen LogP contribution in [-0.4, -0.2) is 9.97 Å². The van der Waals surface area contributed by atoms with Crippen LogP contribution < -0.4 is 5.73 Å². The fraction of sp³-hybridized carbons (Fsp3) is 0.111. The molecule has 0 aliphatic heterocycles. The van der Waals surface area contributed by atoms with Crippen LogP contribution in [0.15, 0.2) is 24.4 Å². The molecule has 2 N–H and O–H groups in total. The van der Waals surface area contributed by atoms with Crippen molar-refractivity contribution in [3.63, 3.8) is 0 Å². The highest BCUT2D eigenvalue weighted by molar-refractivity contribution is 5.77.